The number of likely N-dealkylation sites (tertiary alicyclic amines) is 1. The Morgan fingerprint density at radius 3 is 2.48 bits per heavy atom. The molecule has 2 aromatic rings. The lowest BCUT2D eigenvalue weighted by molar-refractivity contribution is -0.124. The number of rotatable bonds is 5. The predicted molar refractivity (Wildman–Crippen MR) is 110 cm³/mol. The van der Waals surface area contributed by atoms with Gasteiger partial charge in [-0.1, -0.05) is 31.5 Å². The van der Waals surface area contributed by atoms with Crippen LogP contribution in [-0.2, 0) is 4.79 Å². The highest BCUT2D eigenvalue weighted by molar-refractivity contribution is 5.93. The summed E-state index contributed by atoms with van der Waals surface area (Å²) >= 11 is 0. The SMILES string of the molecule is CCC(C)C(=O)NC1[C@H]2CN(C(=O)c3nn(-c4ccc(C)cc4C)nc3C)C[C@@H]12. The number of amides is 2. The highest BCUT2D eigenvalue weighted by Gasteiger charge is 2.57. The molecule has 1 saturated carbocycles. The number of carbonyl (C=O) groups excluding carboxylic acids is 2. The zero-order chi connectivity index (χ0) is 20.9. The van der Waals surface area contributed by atoms with Crippen LogP contribution in [0.5, 0.6) is 0 Å². The monoisotopic (exact) mass is 395 g/mol. The molecule has 29 heavy (non-hydrogen) atoms. The van der Waals surface area contributed by atoms with Crippen molar-refractivity contribution in [2.45, 2.75) is 47.1 Å². The third kappa shape index (κ3) is 3.54. The van der Waals surface area contributed by atoms with E-state index in [0.29, 0.717) is 36.3 Å². The number of benzene rings is 1. The number of fused-ring (bicyclic) bond motifs is 1. The van der Waals surface area contributed by atoms with Crippen molar-refractivity contribution >= 4 is 11.8 Å². The van der Waals surface area contributed by atoms with Crippen LogP contribution in [0.2, 0.25) is 0 Å². The average molecular weight is 396 g/mol. The molecule has 2 amide bonds. The van der Waals surface area contributed by atoms with Crippen LogP contribution >= 0.6 is 0 Å². The van der Waals surface area contributed by atoms with Gasteiger partial charge in [-0.3, -0.25) is 9.59 Å². The fourth-order valence-corrected chi connectivity index (χ4v) is 4.26. The van der Waals surface area contributed by atoms with E-state index >= 15 is 0 Å². The number of nitrogens with zero attached hydrogens (tertiary/aromatic N) is 4. The van der Waals surface area contributed by atoms with Crippen LogP contribution in [0.3, 0.4) is 0 Å². The quantitative estimate of drug-likeness (QED) is 0.843. The Bertz CT molecular complexity index is 954. The molecule has 7 nitrogen and oxygen atoms in total. The zero-order valence-corrected chi connectivity index (χ0v) is 17.8. The molecule has 2 heterocycles. The van der Waals surface area contributed by atoms with Gasteiger partial charge in [0.2, 0.25) is 5.91 Å². The van der Waals surface area contributed by atoms with Gasteiger partial charge in [0.15, 0.2) is 5.69 Å². The summed E-state index contributed by atoms with van der Waals surface area (Å²) in [6.07, 6.45) is 0.841. The van der Waals surface area contributed by atoms with Crippen molar-refractivity contribution in [3.63, 3.8) is 0 Å². The van der Waals surface area contributed by atoms with Crippen LogP contribution in [0.25, 0.3) is 5.69 Å². The van der Waals surface area contributed by atoms with E-state index in [2.05, 4.69) is 21.6 Å². The van der Waals surface area contributed by atoms with Crippen molar-refractivity contribution in [2.24, 2.45) is 17.8 Å². The van der Waals surface area contributed by atoms with E-state index in [0.717, 1.165) is 17.7 Å². The molecule has 2 unspecified atom stereocenters. The maximum Gasteiger partial charge on any atom is 0.276 e. The van der Waals surface area contributed by atoms with E-state index in [-0.39, 0.29) is 23.8 Å². The van der Waals surface area contributed by atoms with Crippen LogP contribution in [0.4, 0.5) is 0 Å². The molecule has 1 saturated heterocycles. The first-order valence-corrected chi connectivity index (χ1v) is 10.4. The van der Waals surface area contributed by atoms with Crippen LogP contribution in [0, 0.1) is 38.5 Å². The number of piperidine rings is 1. The number of aryl methyl sites for hydroxylation is 3. The van der Waals surface area contributed by atoms with E-state index in [1.807, 2.05) is 51.7 Å². The van der Waals surface area contributed by atoms with Crippen molar-refractivity contribution in [2.75, 3.05) is 13.1 Å². The molecule has 1 aliphatic carbocycles. The molecule has 4 atom stereocenters. The largest absolute Gasteiger partial charge is 0.352 e. The van der Waals surface area contributed by atoms with Crippen molar-refractivity contribution in [3.05, 3.63) is 40.7 Å². The number of nitrogens with one attached hydrogen (secondary N) is 1. The third-order valence-electron chi connectivity index (χ3n) is 6.40. The molecule has 1 N–H and O–H groups in total. The molecular weight excluding hydrogens is 366 g/mol. The lowest BCUT2D eigenvalue weighted by Gasteiger charge is -2.20. The summed E-state index contributed by atoms with van der Waals surface area (Å²) in [5, 5.41) is 12.1. The van der Waals surface area contributed by atoms with Gasteiger partial charge in [0.25, 0.3) is 5.91 Å². The summed E-state index contributed by atoms with van der Waals surface area (Å²) in [5.74, 6) is 0.815. The number of aromatic nitrogens is 3. The molecule has 7 heteroatoms. The second-order valence-corrected chi connectivity index (χ2v) is 8.59. The Morgan fingerprint density at radius 2 is 1.86 bits per heavy atom. The minimum absolute atomic E-state index is 0.0389. The lowest BCUT2D eigenvalue weighted by Crippen LogP contribution is -2.39. The highest BCUT2D eigenvalue weighted by atomic mass is 16.2. The van der Waals surface area contributed by atoms with Crippen molar-refractivity contribution in [1.82, 2.24) is 25.2 Å². The predicted octanol–water partition coefficient (Wildman–Crippen LogP) is 2.43. The molecule has 2 fully saturated rings. The maximum absolute atomic E-state index is 13.0. The third-order valence-corrected chi connectivity index (χ3v) is 6.40. The minimum Gasteiger partial charge on any atom is -0.352 e. The van der Waals surface area contributed by atoms with Gasteiger partial charge in [-0.2, -0.15) is 9.90 Å². The van der Waals surface area contributed by atoms with Gasteiger partial charge in [0.1, 0.15) is 0 Å². The Kier molecular flexibility index (Phi) is 4.92. The van der Waals surface area contributed by atoms with E-state index in [1.54, 1.807) is 4.80 Å². The Labute approximate surface area is 171 Å². The Hall–Kier alpha value is -2.70. The smallest absolute Gasteiger partial charge is 0.276 e. The second-order valence-electron chi connectivity index (χ2n) is 8.59. The first-order valence-electron chi connectivity index (χ1n) is 10.4. The van der Waals surface area contributed by atoms with Gasteiger partial charge in [0, 0.05) is 36.9 Å². The standard InChI is InChI=1S/C22H29N5O2/c1-6-13(3)21(28)23-20-16-10-26(11-17(16)20)22(29)19-15(5)24-27(25-19)18-8-7-12(2)9-14(18)4/h7-9,13,16-17,20H,6,10-11H2,1-5H3,(H,23,28)/t13?,16-,17+,20?. The first-order chi connectivity index (χ1) is 13.8. The molecule has 1 aromatic carbocycles. The van der Waals surface area contributed by atoms with E-state index in [9.17, 15) is 9.59 Å². The van der Waals surface area contributed by atoms with Crippen LogP contribution in [0.15, 0.2) is 18.2 Å². The minimum atomic E-state index is -0.0716. The molecule has 0 spiro atoms. The Balaban J connectivity index is 1.42. The van der Waals surface area contributed by atoms with Crippen molar-refractivity contribution in [3.8, 4) is 5.69 Å². The van der Waals surface area contributed by atoms with Gasteiger partial charge in [-0.05, 0) is 38.8 Å². The molecule has 0 bridgehead atoms. The van der Waals surface area contributed by atoms with E-state index < -0.39 is 0 Å². The van der Waals surface area contributed by atoms with Crippen molar-refractivity contribution in [1.29, 1.82) is 0 Å². The van der Waals surface area contributed by atoms with Crippen LogP contribution < -0.4 is 5.32 Å². The molecule has 0 radical (unpaired) electrons. The summed E-state index contributed by atoms with van der Waals surface area (Å²) in [4.78, 5) is 28.5. The van der Waals surface area contributed by atoms with Gasteiger partial charge < -0.3 is 10.2 Å². The molecule has 1 aromatic heterocycles. The molecular formula is C22H29N5O2. The highest BCUT2D eigenvalue weighted by Crippen LogP contribution is 2.46. The normalized spacial score (nSPS) is 23.6. The van der Waals surface area contributed by atoms with Gasteiger partial charge >= 0.3 is 0 Å². The lowest BCUT2D eigenvalue weighted by atomic mass is 10.1. The fraction of sp³-hybridized carbons (Fsp3) is 0.545. The molecule has 2 aliphatic rings. The van der Waals surface area contributed by atoms with Gasteiger partial charge in [-0.15, -0.1) is 5.10 Å². The zero-order valence-electron chi connectivity index (χ0n) is 17.8. The number of carbonyl (C=O) groups is 2. The van der Waals surface area contributed by atoms with E-state index in [4.69, 9.17) is 0 Å². The summed E-state index contributed by atoms with van der Waals surface area (Å²) in [6.45, 7) is 11.2. The van der Waals surface area contributed by atoms with Gasteiger partial charge in [0.05, 0.1) is 11.4 Å². The van der Waals surface area contributed by atoms with Crippen molar-refractivity contribution < 1.29 is 9.59 Å². The average Bonchev–Trinajstić information content (AvgIpc) is 3.02. The van der Waals surface area contributed by atoms with Crippen LogP contribution in [-0.4, -0.2) is 50.8 Å². The Morgan fingerprint density at radius 1 is 1.17 bits per heavy atom. The summed E-state index contributed by atoms with van der Waals surface area (Å²) in [5.41, 5.74) is 4.18. The second kappa shape index (κ2) is 7.28. The molecule has 4 rings (SSSR count). The summed E-state index contributed by atoms with van der Waals surface area (Å²) in [7, 11) is 0. The molecule has 154 valence electrons. The number of hydrogen-bond donors (Lipinski definition) is 1. The van der Waals surface area contributed by atoms with E-state index in [1.165, 1.54) is 5.56 Å². The summed E-state index contributed by atoms with van der Waals surface area (Å²) < 4.78 is 0. The molecule has 1 aliphatic heterocycles. The maximum atomic E-state index is 13.0. The number of hydrogen-bond acceptors (Lipinski definition) is 4. The fourth-order valence-electron chi connectivity index (χ4n) is 4.26. The summed E-state index contributed by atoms with van der Waals surface area (Å²) in [6, 6.07) is 6.29. The van der Waals surface area contributed by atoms with Gasteiger partial charge in [-0.25, -0.2) is 0 Å². The van der Waals surface area contributed by atoms with Crippen LogP contribution in [0.1, 0.15) is 47.6 Å². The topological polar surface area (TPSA) is 80.1 Å². The first kappa shape index (κ1) is 19.6.